The first-order valence-corrected chi connectivity index (χ1v) is 8.10. The Morgan fingerprint density at radius 1 is 1.32 bits per heavy atom. The van der Waals surface area contributed by atoms with Gasteiger partial charge in [-0.1, -0.05) is 13.8 Å². The fourth-order valence-electron chi connectivity index (χ4n) is 2.85. The molecule has 0 spiro atoms. The van der Waals surface area contributed by atoms with Gasteiger partial charge in [0.2, 0.25) is 0 Å². The second-order valence-electron chi connectivity index (χ2n) is 6.32. The van der Waals surface area contributed by atoms with Crippen LogP contribution in [0, 0.1) is 5.41 Å². The van der Waals surface area contributed by atoms with Gasteiger partial charge in [-0.15, -0.1) is 0 Å². The van der Waals surface area contributed by atoms with Gasteiger partial charge in [0.05, 0.1) is 0 Å². The summed E-state index contributed by atoms with van der Waals surface area (Å²) in [6.45, 7) is 7.17. The van der Waals surface area contributed by atoms with Gasteiger partial charge >= 0.3 is 0 Å². The number of Topliss-reactive ketones (excluding diaryl/α,β-unsaturated/α-hetero) is 1. The molecular formula is C16H24O2S. The molecule has 1 aromatic heterocycles. The molecule has 0 bridgehead atoms. The van der Waals surface area contributed by atoms with Crippen molar-refractivity contribution in [2.75, 3.05) is 6.61 Å². The third-order valence-electron chi connectivity index (χ3n) is 4.28. The standard InChI is InChI=1S/C16H24O2S/c1-4-18-16(8-6-15(2,3)7-9-16)14(17)11-13-5-10-19-12-13/h5,10,12H,4,6-9,11H2,1-3H3. The van der Waals surface area contributed by atoms with E-state index in [0.29, 0.717) is 18.4 Å². The molecule has 2 rings (SSSR count). The Morgan fingerprint density at radius 2 is 2.00 bits per heavy atom. The molecule has 19 heavy (non-hydrogen) atoms. The lowest BCUT2D eigenvalue weighted by Gasteiger charge is -2.42. The van der Waals surface area contributed by atoms with Gasteiger partial charge in [0, 0.05) is 13.0 Å². The summed E-state index contributed by atoms with van der Waals surface area (Å²) in [5.41, 5.74) is 0.953. The van der Waals surface area contributed by atoms with E-state index < -0.39 is 5.60 Å². The lowest BCUT2D eigenvalue weighted by atomic mass is 9.69. The maximum absolute atomic E-state index is 12.7. The van der Waals surface area contributed by atoms with Gasteiger partial charge in [-0.3, -0.25) is 4.79 Å². The number of carbonyl (C=O) groups is 1. The van der Waals surface area contributed by atoms with Crippen molar-refractivity contribution >= 4 is 17.1 Å². The van der Waals surface area contributed by atoms with E-state index in [-0.39, 0.29) is 5.78 Å². The van der Waals surface area contributed by atoms with E-state index in [1.54, 1.807) is 11.3 Å². The predicted octanol–water partition coefficient (Wildman–Crippen LogP) is 4.24. The summed E-state index contributed by atoms with van der Waals surface area (Å²) in [5, 5.41) is 4.09. The van der Waals surface area contributed by atoms with Crippen molar-refractivity contribution in [3.8, 4) is 0 Å². The SMILES string of the molecule is CCOC1(C(=O)Cc2ccsc2)CCC(C)(C)CC1. The van der Waals surface area contributed by atoms with Crippen LogP contribution in [0.1, 0.15) is 52.0 Å². The average Bonchev–Trinajstić information content (AvgIpc) is 2.85. The highest BCUT2D eigenvalue weighted by molar-refractivity contribution is 7.08. The minimum Gasteiger partial charge on any atom is -0.367 e. The maximum atomic E-state index is 12.7. The van der Waals surface area contributed by atoms with Crippen LogP contribution in [0.5, 0.6) is 0 Å². The topological polar surface area (TPSA) is 26.3 Å². The Kier molecular flexibility index (Phi) is 4.46. The minimum absolute atomic E-state index is 0.267. The molecule has 0 unspecified atom stereocenters. The largest absolute Gasteiger partial charge is 0.367 e. The molecule has 1 heterocycles. The van der Waals surface area contributed by atoms with E-state index in [2.05, 4.69) is 19.2 Å². The molecular weight excluding hydrogens is 256 g/mol. The molecule has 3 heteroatoms. The second-order valence-corrected chi connectivity index (χ2v) is 7.10. The number of ether oxygens (including phenoxy) is 1. The van der Waals surface area contributed by atoms with Gasteiger partial charge in [-0.2, -0.15) is 11.3 Å². The van der Waals surface area contributed by atoms with Crippen LogP contribution in [-0.2, 0) is 16.0 Å². The van der Waals surface area contributed by atoms with Crippen molar-refractivity contribution in [2.24, 2.45) is 5.41 Å². The van der Waals surface area contributed by atoms with Gasteiger partial charge in [-0.05, 0) is 60.4 Å². The van der Waals surface area contributed by atoms with E-state index in [1.165, 1.54) is 0 Å². The molecule has 2 nitrogen and oxygen atoms in total. The lowest BCUT2D eigenvalue weighted by molar-refractivity contribution is -0.151. The van der Waals surface area contributed by atoms with Gasteiger partial charge in [0.1, 0.15) is 5.60 Å². The van der Waals surface area contributed by atoms with E-state index in [9.17, 15) is 4.79 Å². The van der Waals surface area contributed by atoms with E-state index in [1.807, 2.05) is 18.4 Å². The third-order valence-corrected chi connectivity index (χ3v) is 5.02. The van der Waals surface area contributed by atoms with Crippen molar-refractivity contribution in [3.63, 3.8) is 0 Å². The number of thiophene rings is 1. The van der Waals surface area contributed by atoms with Gasteiger partial charge in [0.25, 0.3) is 0 Å². The summed E-state index contributed by atoms with van der Waals surface area (Å²) < 4.78 is 5.93. The Balaban J connectivity index is 2.09. The van der Waals surface area contributed by atoms with Gasteiger partial charge in [-0.25, -0.2) is 0 Å². The van der Waals surface area contributed by atoms with E-state index >= 15 is 0 Å². The van der Waals surface area contributed by atoms with E-state index in [0.717, 1.165) is 31.2 Å². The summed E-state index contributed by atoms with van der Waals surface area (Å²) >= 11 is 1.65. The highest BCUT2D eigenvalue weighted by Gasteiger charge is 2.44. The zero-order valence-corrected chi connectivity index (χ0v) is 13.0. The summed E-state index contributed by atoms with van der Waals surface area (Å²) in [4.78, 5) is 12.7. The fourth-order valence-corrected chi connectivity index (χ4v) is 3.52. The molecule has 0 amide bonds. The Labute approximate surface area is 120 Å². The minimum atomic E-state index is -0.522. The van der Waals surface area contributed by atoms with Crippen molar-refractivity contribution in [3.05, 3.63) is 22.4 Å². The van der Waals surface area contributed by atoms with Crippen LogP contribution in [0.2, 0.25) is 0 Å². The molecule has 0 aromatic carbocycles. The summed E-state index contributed by atoms with van der Waals surface area (Å²) in [6.07, 6.45) is 4.41. The highest BCUT2D eigenvalue weighted by atomic mass is 32.1. The van der Waals surface area contributed by atoms with Crippen molar-refractivity contribution in [1.82, 2.24) is 0 Å². The highest BCUT2D eigenvalue weighted by Crippen LogP contribution is 2.42. The van der Waals surface area contributed by atoms with Gasteiger partial charge in [0.15, 0.2) is 5.78 Å². The van der Waals surface area contributed by atoms with Crippen LogP contribution < -0.4 is 0 Å². The van der Waals surface area contributed by atoms with Crippen molar-refractivity contribution < 1.29 is 9.53 Å². The summed E-state index contributed by atoms with van der Waals surface area (Å²) in [7, 11) is 0. The predicted molar refractivity (Wildman–Crippen MR) is 79.6 cm³/mol. The number of hydrogen-bond donors (Lipinski definition) is 0. The smallest absolute Gasteiger partial charge is 0.168 e. The molecule has 1 fully saturated rings. The molecule has 1 aliphatic rings. The first-order chi connectivity index (χ1) is 8.97. The van der Waals surface area contributed by atoms with Crippen LogP contribution in [0.3, 0.4) is 0 Å². The number of hydrogen-bond acceptors (Lipinski definition) is 3. The molecule has 0 radical (unpaired) electrons. The normalized spacial score (nSPS) is 21.2. The van der Waals surface area contributed by atoms with Crippen LogP contribution >= 0.6 is 11.3 Å². The quantitative estimate of drug-likeness (QED) is 0.806. The molecule has 1 aliphatic carbocycles. The lowest BCUT2D eigenvalue weighted by Crippen LogP contribution is -2.47. The summed E-state index contributed by atoms with van der Waals surface area (Å²) in [5.74, 6) is 0.267. The first kappa shape index (κ1) is 14.7. The number of carbonyl (C=O) groups excluding carboxylic acids is 1. The van der Waals surface area contributed by atoms with E-state index in [4.69, 9.17) is 4.74 Å². The van der Waals surface area contributed by atoms with Crippen LogP contribution in [0.15, 0.2) is 16.8 Å². The second kappa shape index (κ2) is 5.76. The Morgan fingerprint density at radius 3 is 2.53 bits per heavy atom. The van der Waals surface area contributed by atoms with Crippen molar-refractivity contribution in [2.45, 2.75) is 58.5 Å². The molecule has 0 aliphatic heterocycles. The van der Waals surface area contributed by atoms with Crippen LogP contribution in [0.4, 0.5) is 0 Å². The molecule has 0 atom stereocenters. The molecule has 106 valence electrons. The third kappa shape index (κ3) is 3.46. The Hall–Kier alpha value is -0.670. The van der Waals surface area contributed by atoms with Crippen LogP contribution in [-0.4, -0.2) is 18.0 Å². The van der Waals surface area contributed by atoms with Gasteiger partial charge < -0.3 is 4.74 Å². The summed E-state index contributed by atoms with van der Waals surface area (Å²) in [6, 6.07) is 2.04. The molecule has 0 saturated heterocycles. The number of ketones is 1. The average molecular weight is 280 g/mol. The Bertz CT molecular complexity index is 410. The zero-order valence-electron chi connectivity index (χ0n) is 12.2. The van der Waals surface area contributed by atoms with Crippen LogP contribution in [0.25, 0.3) is 0 Å². The molecule has 1 aromatic rings. The maximum Gasteiger partial charge on any atom is 0.168 e. The first-order valence-electron chi connectivity index (χ1n) is 7.16. The zero-order chi connectivity index (χ0) is 13.9. The number of rotatable bonds is 5. The fraction of sp³-hybridized carbons (Fsp3) is 0.688. The molecule has 0 N–H and O–H groups in total. The molecule has 1 saturated carbocycles. The monoisotopic (exact) mass is 280 g/mol. The van der Waals surface area contributed by atoms with Crippen molar-refractivity contribution in [1.29, 1.82) is 0 Å².